The van der Waals surface area contributed by atoms with Crippen molar-refractivity contribution in [3.8, 4) is 0 Å². The van der Waals surface area contributed by atoms with Crippen molar-refractivity contribution in [3.05, 3.63) is 18.0 Å². The van der Waals surface area contributed by atoms with Crippen LogP contribution in [0.5, 0.6) is 0 Å². The minimum Gasteiger partial charge on any atom is -0.314 e. The molecule has 1 fully saturated rings. The number of hydrogen-bond donors (Lipinski definition) is 1. The molecule has 1 aromatic heterocycles. The summed E-state index contributed by atoms with van der Waals surface area (Å²) in [6.45, 7) is 12.5. The summed E-state index contributed by atoms with van der Waals surface area (Å²) in [5, 5.41) is 8.49. The van der Waals surface area contributed by atoms with E-state index in [1.165, 1.54) is 31.4 Å². The van der Waals surface area contributed by atoms with Crippen LogP contribution >= 0.6 is 0 Å². The third-order valence-electron chi connectivity index (χ3n) is 5.26. The van der Waals surface area contributed by atoms with Crippen molar-refractivity contribution >= 4 is 0 Å². The summed E-state index contributed by atoms with van der Waals surface area (Å²) in [4.78, 5) is 0. The van der Waals surface area contributed by atoms with E-state index in [0.717, 1.165) is 13.0 Å². The molecular formula is C18H33N3. The fourth-order valence-corrected chi connectivity index (χ4v) is 3.17. The molecule has 1 aliphatic carbocycles. The monoisotopic (exact) mass is 291 g/mol. The lowest BCUT2D eigenvalue weighted by Crippen LogP contribution is -2.40. The van der Waals surface area contributed by atoms with Gasteiger partial charge in [0.15, 0.2) is 0 Å². The van der Waals surface area contributed by atoms with Crippen LogP contribution in [-0.4, -0.2) is 22.4 Å². The van der Waals surface area contributed by atoms with Crippen LogP contribution in [0, 0.1) is 11.3 Å². The molecule has 0 bridgehead atoms. The number of hydrogen-bond acceptors (Lipinski definition) is 2. The van der Waals surface area contributed by atoms with Crippen molar-refractivity contribution < 1.29 is 0 Å². The Morgan fingerprint density at radius 1 is 1.29 bits per heavy atom. The molecule has 1 aromatic rings. The number of nitrogens with zero attached hydrogens (tertiary/aromatic N) is 2. The first-order chi connectivity index (χ1) is 9.90. The Balaban J connectivity index is 2.02. The van der Waals surface area contributed by atoms with Gasteiger partial charge in [-0.15, -0.1) is 0 Å². The van der Waals surface area contributed by atoms with Crippen molar-refractivity contribution in [2.24, 2.45) is 11.3 Å². The topological polar surface area (TPSA) is 29.9 Å². The Morgan fingerprint density at radius 3 is 2.52 bits per heavy atom. The van der Waals surface area contributed by atoms with Gasteiger partial charge in [0.05, 0.1) is 11.7 Å². The summed E-state index contributed by atoms with van der Waals surface area (Å²) in [7, 11) is 0. The van der Waals surface area contributed by atoms with E-state index >= 15 is 0 Å². The maximum absolute atomic E-state index is 4.88. The second-order valence-corrected chi connectivity index (χ2v) is 7.75. The highest BCUT2D eigenvalue weighted by atomic mass is 15.3. The molecule has 3 heteroatoms. The van der Waals surface area contributed by atoms with Gasteiger partial charge in [0.1, 0.15) is 0 Å². The molecule has 1 saturated carbocycles. The van der Waals surface area contributed by atoms with Crippen molar-refractivity contribution in [1.29, 1.82) is 0 Å². The average Bonchev–Trinajstić information content (AvgIpc) is 3.06. The highest BCUT2D eigenvalue weighted by Gasteiger charge is 2.30. The van der Waals surface area contributed by atoms with E-state index in [4.69, 9.17) is 5.10 Å². The lowest BCUT2D eigenvalue weighted by molar-refractivity contribution is 0.199. The SMILES string of the molecule is CC(C)NCC(C)(Cc1ccn(C2CCCC2)n1)C(C)C. The Morgan fingerprint density at radius 2 is 1.95 bits per heavy atom. The van der Waals surface area contributed by atoms with Crippen LogP contribution in [0.3, 0.4) is 0 Å². The smallest absolute Gasteiger partial charge is 0.0630 e. The lowest BCUT2D eigenvalue weighted by Gasteiger charge is -2.34. The number of aromatic nitrogens is 2. The van der Waals surface area contributed by atoms with E-state index in [1.807, 2.05) is 0 Å². The van der Waals surface area contributed by atoms with Gasteiger partial charge in [-0.3, -0.25) is 4.68 Å². The molecule has 1 unspecified atom stereocenters. The summed E-state index contributed by atoms with van der Waals surface area (Å²) in [6.07, 6.45) is 8.59. The van der Waals surface area contributed by atoms with Crippen LogP contribution < -0.4 is 5.32 Å². The van der Waals surface area contributed by atoms with Gasteiger partial charge in [-0.1, -0.05) is 47.5 Å². The Kier molecular flexibility index (Phi) is 5.48. The van der Waals surface area contributed by atoms with Gasteiger partial charge in [0.2, 0.25) is 0 Å². The summed E-state index contributed by atoms with van der Waals surface area (Å²) < 4.78 is 2.22. The highest BCUT2D eigenvalue weighted by molar-refractivity contribution is 5.05. The molecule has 0 aromatic carbocycles. The zero-order chi connectivity index (χ0) is 15.5. The fraction of sp³-hybridized carbons (Fsp3) is 0.833. The molecule has 0 radical (unpaired) electrons. The zero-order valence-corrected chi connectivity index (χ0v) is 14.5. The first kappa shape index (κ1) is 16.5. The fourth-order valence-electron chi connectivity index (χ4n) is 3.17. The molecule has 120 valence electrons. The highest BCUT2D eigenvalue weighted by Crippen LogP contribution is 2.32. The number of rotatable bonds is 7. The Labute approximate surface area is 130 Å². The summed E-state index contributed by atoms with van der Waals surface area (Å²) in [5.41, 5.74) is 1.52. The van der Waals surface area contributed by atoms with Crippen molar-refractivity contribution in [3.63, 3.8) is 0 Å². The van der Waals surface area contributed by atoms with Gasteiger partial charge >= 0.3 is 0 Å². The molecule has 1 aliphatic rings. The van der Waals surface area contributed by atoms with E-state index in [-0.39, 0.29) is 5.41 Å². The van der Waals surface area contributed by atoms with Crippen LogP contribution in [0.2, 0.25) is 0 Å². The van der Waals surface area contributed by atoms with Crippen LogP contribution in [0.4, 0.5) is 0 Å². The van der Waals surface area contributed by atoms with Gasteiger partial charge in [0, 0.05) is 18.8 Å². The standard InChI is InChI=1S/C18H33N3/c1-14(2)18(5,13-19-15(3)4)12-16-10-11-21(20-16)17-8-6-7-9-17/h10-11,14-15,17,19H,6-9,12-13H2,1-5H3. The molecular weight excluding hydrogens is 258 g/mol. The van der Waals surface area contributed by atoms with E-state index in [9.17, 15) is 0 Å². The van der Waals surface area contributed by atoms with Crippen molar-refractivity contribution in [2.75, 3.05) is 6.54 Å². The largest absolute Gasteiger partial charge is 0.314 e. The molecule has 0 amide bonds. The van der Waals surface area contributed by atoms with Gasteiger partial charge in [-0.25, -0.2) is 0 Å². The van der Waals surface area contributed by atoms with Crippen molar-refractivity contribution in [1.82, 2.24) is 15.1 Å². The van der Waals surface area contributed by atoms with Gasteiger partial charge in [-0.05, 0) is 36.7 Å². The third kappa shape index (κ3) is 4.32. The van der Waals surface area contributed by atoms with Gasteiger partial charge in [-0.2, -0.15) is 5.10 Å². The first-order valence-corrected chi connectivity index (χ1v) is 8.68. The van der Waals surface area contributed by atoms with E-state index in [0.29, 0.717) is 18.0 Å². The minimum absolute atomic E-state index is 0.263. The maximum atomic E-state index is 4.88. The molecule has 2 rings (SSSR count). The van der Waals surface area contributed by atoms with Crippen molar-refractivity contribution in [2.45, 2.75) is 78.8 Å². The second kappa shape index (κ2) is 6.95. The Bertz CT molecular complexity index is 429. The lowest BCUT2D eigenvalue weighted by atomic mass is 9.75. The third-order valence-corrected chi connectivity index (χ3v) is 5.26. The molecule has 3 nitrogen and oxygen atoms in total. The van der Waals surface area contributed by atoms with Gasteiger partial charge in [0.25, 0.3) is 0 Å². The van der Waals surface area contributed by atoms with Crippen LogP contribution in [0.25, 0.3) is 0 Å². The summed E-state index contributed by atoms with van der Waals surface area (Å²) in [5.74, 6) is 0.639. The molecule has 0 saturated heterocycles. The quantitative estimate of drug-likeness (QED) is 0.816. The second-order valence-electron chi connectivity index (χ2n) is 7.75. The summed E-state index contributed by atoms with van der Waals surface area (Å²) >= 11 is 0. The molecule has 1 N–H and O–H groups in total. The molecule has 21 heavy (non-hydrogen) atoms. The predicted octanol–water partition coefficient (Wildman–Crippen LogP) is 4.20. The molecule has 0 aliphatic heterocycles. The van der Waals surface area contributed by atoms with Crippen LogP contribution in [-0.2, 0) is 6.42 Å². The first-order valence-electron chi connectivity index (χ1n) is 8.68. The Hall–Kier alpha value is -0.830. The average molecular weight is 291 g/mol. The van der Waals surface area contributed by atoms with Crippen LogP contribution in [0.1, 0.15) is 72.0 Å². The van der Waals surface area contributed by atoms with Crippen LogP contribution in [0.15, 0.2) is 12.3 Å². The number of nitrogens with one attached hydrogen (secondary N) is 1. The molecule has 1 atom stereocenters. The molecule has 1 heterocycles. The van der Waals surface area contributed by atoms with Gasteiger partial charge < -0.3 is 5.32 Å². The van der Waals surface area contributed by atoms with E-state index in [2.05, 4.69) is 56.9 Å². The minimum atomic E-state index is 0.263. The maximum Gasteiger partial charge on any atom is 0.0630 e. The normalized spacial score (nSPS) is 19.6. The predicted molar refractivity (Wildman–Crippen MR) is 89.5 cm³/mol. The van der Waals surface area contributed by atoms with E-state index in [1.54, 1.807) is 0 Å². The summed E-state index contributed by atoms with van der Waals surface area (Å²) in [6, 6.07) is 3.42. The van der Waals surface area contributed by atoms with E-state index < -0.39 is 0 Å². The zero-order valence-electron chi connectivity index (χ0n) is 14.5. The molecule has 0 spiro atoms.